The molecule has 5 nitrogen and oxygen atoms in total. The molecule has 1 rings (SSSR count). The van der Waals surface area contributed by atoms with Gasteiger partial charge in [0.05, 0.1) is 24.9 Å². The number of benzene rings is 1. The van der Waals surface area contributed by atoms with Gasteiger partial charge in [-0.3, -0.25) is 0 Å². The maximum Gasteiger partial charge on any atom is 0.319 e. The van der Waals surface area contributed by atoms with E-state index >= 15 is 0 Å². The van der Waals surface area contributed by atoms with Crippen molar-refractivity contribution in [3.05, 3.63) is 24.0 Å². The van der Waals surface area contributed by atoms with Gasteiger partial charge in [-0.25, -0.2) is 9.18 Å². The predicted molar refractivity (Wildman–Crippen MR) is 66.3 cm³/mol. The molecule has 0 fully saturated rings. The van der Waals surface area contributed by atoms with Gasteiger partial charge < -0.3 is 20.5 Å². The lowest BCUT2D eigenvalue weighted by Crippen LogP contribution is -2.48. The lowest BCUT2D eigenvalue weighted by atomic mass is 10.1. The first-order valence-corrected chi connectivity index (χ1v) is 5.41. The van der Waals surface area contributed by atoms with Crippen molar-refractivity contribution in [2.24, 2.45) is 0 Å². The Bertz CT molecular complexity index is 435. The van der Waals surface area contributed by atoms with Gasteiger partial charge in [-0.2, -0.15) is 0 Å². The maximum absolute atomic E-state index is 13.4. The number of aliphatic hydroxyl groups is 1. The molecule has 0 saturated heterocycles. The number of aliphatic hydroxyl groups excluding tert-OH is 1. The van der Waals surface area contributed by atoms with Crippen molar-refractivity contribution in [1.82, 2.24) is 5.32 Å². The van der Waals surface area contributed by atoms with Crippen molar-refractivity contribution in [2.45, 2.75) is 19.4 Å². The van der Waals surface area contributed by atoms with Gasteiger partial charge in [-0.05, 0) is 26.0 Å². The third kappa shape index (κ3) is 3.89. The molecule has 100 valence electrons. The summed E-state index contributed by atoms with van der Waals surface area (Å²) in [5, 5.41) is 13.9. The Morgan fingerprint density at radius 1 is 1.50 bits per heavy atom. The van der Waals surface area contributed by atoms with E-state index in [0.29, 0.717) is 5.75 Å². The van der Waals surface area contributed by atoms with Crippen LogP contribution in [0.4, 0.5) is 14.9 Å². The molecule has 18 heavy (non-hydrogen) atoms. The molecule has 0 saturated carbocycles. The Kier molecular flexibility index (Phi) is 4.49. The van der Waals surface area contributed by atoms with E-state index in [4.69, 9.17) is 9.84 Å². The number of carbonyl (C=O) groups excluding carboxylic acids is 1. The highest BCUT2D eigenvalue weighted by Gasteiger charge is 2.19. The van der Waals surface area contributed by atoms with E-state index in [1.165, 1.54) is 25.3 Å². The molecule has 0 atom stereocenters. The summed E-state index contributed by atoms with van der Waals surface area (Å²) in [5.74, 6) is -0.124. The summed E-state index contributed by atoms with van der Waals surface area (Å²) in [6.07, 6.45) is 0. The normalized spacial score (nSPS) is 10.9. The molecule has 0 aliphatic rings. The summed E-state index contributed by atoms with van der Waals surface area (Å²) in [5.41, 5.74) is -0.764. The van der Waals surface area contributed by atoms with Gasteiger partial charge in [0.25, 0.3) is 0 Å². The molecule has 0 heterocycles. The molecule has 6 heteroatoms. The van der Waals surface area contributed by atoms with Crippen LogP contribution >= 0.6 is 0 Å². The van der Waals surface area contributed by atoms with Gasteiger partial charge >= 0.3 is 6.03 Å². The molecule has 0 spiro atoms. The second kappa shape index (κ2) is 5.68. The maximum atomic E-state index is 13.4. The Hall–Kier alpha value is -1.82. The fraction of sp³-hybridized carbons (Fsp3) is 0.417. The minimum Gasteiger partial charge on any atom is -0.497 e. The largest absolute Gasteiger partial charge is 0.497 e. The van der Waals surface area contributed by atoms with Crippen LogP contribution in [0.25, 0.3) is 0 Å². The van der Waals surface area contributed by atoms with Crippen LogP contribution in [0, 0.1) is 5.82 Å². The average molecular weight is 256 g/mol. The number of hydrogen-bond acceptors (Lipinski definition) is 3. The van der Waals surface area contributed by atoms with Gasteiger partial charge in [0.15, 0.2) is 0 Å². The van der Waals surface area contributed by atoms with Crippen molar-refractivity contribution in [2.75, 3.05) is 19.0 Å². The third-order valence-corrected chi connectivity index (χ3v) is 2.27. The van der Waals surface area contributed by atoms with Gasteiger partial charge in [0, 0.05) is 6.07 Å². The molecular formula is C12H17FN2O3. The van der Waals surface area contributed by atoms with E-state index in [0.717, 1.165) is 0 Å². The van der Waals surface area contributed by atoms with E-state index in [2.05, 4.69) is 10.6 Å². The fourth-order valence-electron chi connectivity index (χ4n) is 1.23. The van der Waals surface area contributed by atoms with Crippen LogP contribution < -0.4 is 15.4 Å². The van der Waals surface area contributed by atoms with Gasteiger partial charge in [0.2, 0.25) is 0 Å². The van der Waals surface area contributed by atoms with E-state index in [1.54, 1.807) is 13.8 Å². The van der Waals surface area contributed by atoms with Crippen molar-refractivity contribution < 1.29 is 19.0 Å². The minimum atomic E-state index is -0.778. The molecular weight excluding hydrogens is 239 g/mol. The summed E-state index contributed by atoms with van der Waals surface area (Å²) in [4.78, 5) is 11.6. The number of carbonyl (C=O) groups is 1. The van der Waals surface area contributed by atoms with Crippen molar-refractivity contribution >= 4 is 11.7 Å². The smallest absolute Gasteiger partial charge is 0.319 e. The van der Waals surface area contributed by atoms with Crippen LogP contribution in [-0.2, 0) is 0 Å². The molecule has 0 aliphatic carbocycles. The molecule has 0 aromatic heterocycles. The monoisotopic (exact) mass is 256 g/mol. The fourth-order valence-corrected chi connectivity index (χ4v) is 1.23. The highest BCUT2D eigenvalue weighted by atomic mass is 19.1. The number of rotatable bonds is 4. The Labute approximate surface area is 105 Å². The van der Waals surface area contributed by atoms with E-state index < -0.39 is 17.4 Å². The van der Waals surface area contributed by atoms with Crippen LogP contribution in [0.3, 0.4) is 0 Å². The quantitative estimate of drug-likeness (QED) is 0.768. The second-order valence-electron chi connectivity index (χ2n) is 4.47. The number of hydrogen-bond donors (Lipinski definition) is 3. The SMILES string of the molecule is COc1ccc(F)c(NC(=O)NC(C)(C)CO)c1. The summed E-state index contributed by atoms with van der Waals surface area (Å²) in [7, 11) is 1.45. The van der Waals surface area contributed by atoms with E-state index in [1.807, 2.05) is 0 Å². The van der Waals surface area contributed by atoms with Crippen molar-refractivity contribution in [3.63, 3.8) is 0 Å². The highest BCUT2D eigenvalue weighted by Crippen LogP contribution is 2.21. The lowest BCUT2D eigenvalue weighted by molar-refractivity contribution is 0.187. The highest BCUT2D eigenvalue weighted by molar-refractivity contribution is 5.90. The zero-order valence-corrected chi connectivity index (χ0v) is 10.6. The van der Waals surface area contributed by atoms with Gasteiger partial charge in [-0.1, -0.05) is 0 Å². The average Bonchev–Trinajstić information content (AvgIpc) is 2.31. The van der Waals surface area contributed by atoms with Crippen molar-refractivity contribution in [3.8, 4) is 5.75 Å². The summed E-state index contributed by atoms with van der Waals surface area (Å²) in [6, 6.07) is 3.43. The van der Waals surface area contributed by atoms with E-state index in [9.17, 15) is 9.18 Å². The number of anilines is 1. The van der Waals surface area contributed by atoms with Crippen molar-refractivity contribution in [1.29, 1.82) is 0 Å². The molecule has 1 aromatic rings. The number of halogens is 1. The molecule has 2 amide bonds. The lowest BCUT2D eigenvalue weighted by Gasteiger charge is -2.23. The Balaban J connectivity index is 2.75. The number of methoxy groups -OCH3 is 1. The van der Waals surface area contributed by atoms with Crippen LogP contribution in [0.5, 0.6) is 5.75 Å². The standard InChI is InChI=1S/C12H17FN2O3/c1-12(2,7-16)15-11(17)14-10-6-8(18-3)4-5-9(10)13/h4-6,16H,7H2,1-3H3,(H2,14,15,17). The number of nitrogens with one attached hydrogen (secondary N) is 2. The molecule has 0 unspecified atom stereocenters. The zero-order chi connectivity index (χ0) is 13.8. The summed E-state index contributed by atoms with van der Waals surface area (Å²) < 4.78 is 18.4. The van der Waals surface area contributed by atoms with Crippen LogP contribution in [0.1, 0.15) is 13.8 Å². The first-order valence-electron chi connectivity index (χ1n) is 5.41. The molecule has 0 aliphatic heterocycles. The molecule has 0 radical (unpaired) electrons. The minimum absolute atomic E-state index is 0.0144. The van der Waals surface area contributed by atoms with Gasteiger partial charge in [-0.15, -0.1) is 0 Å². The molecule has 0 bridgehead atoms. The van der Waals surface area contributed by atoms with Crippen LogP contribution in [0.2, 0.25) is 0 Å². The van der Waals surface area contributed by atoms with Crippen LogP contribution in [0.15, 0.2) is 18.2 Å². The number of amides is 2. The third-order valence-electron chi connectivity index (χ3n) is 2.27. The Morgan fingerprint density at radius 3 is 2.72 bits per heavy atom. The van der Waals surface area contributed by atoms with Gasteiger partial charge in [0.1, 0.15) is 11.6 Å². The summed E-state index contributed by atoms with van der Waals surface area (Å²) in [6.45, 7) is 3.07. The molecule has 1 aromatic carbocycles. The Morgan fingerprint density at radius 2 is 2.17 bits per heavy atom. The number of ether oxygens (including phenoxy) is 1. The first kappa shape index (κ1) is 14.2. The topological polar surface area (TPSA) is 70.6 Å². The summed E-state index contributed by atoms with van der Waals surface area (Å²) >= 11 is 0. The zero-order valence-electron chi connectivity index (χ0n) is 10.6. The number of urea groups is 1. The second-order valence-corrected chi connectivity index (χ2v) is 4.47. The molecule has 3 N–H and O–H groups in total. The van der Waals surface area contributed by atoms with E-state index in [-0.39, 0.29) is 12.3 Å². The first-order chi connectivity index (χ1) is 8.38. The predicted octanol–water partition coefficient (Wildman–Crippen LogP) is 1.73. The van der Waals surface area contributed by atoms with Crippen LogP contribution in [-0.4, -0.2) is 30.4 Å².